The molecule has 0 saturated heterocycles. The van der Waals surface area contributed by atoms with E-state index in [0.717, 1.165) is 5.56 Å². The molecule has 164 valence electrons. The quantitative estimate of drug-likeness (QED) is 0.490. The Bertz CT molecular complexity index is 1240. The third kappa shape index (κ3) is 4.92. The topological polar surface area (TPSA) is 96.0 Å². The molecule has 0 aliphatic rings. The van der Waals surface area contributed by atoms with Crippen molar-refractivity contribution < 1.29 is 17.2 Å². The number of pyridine rings is 2. The zero-order chi connectivity index (χ0) is 22.8. The molecule has 0 spiro atoms. The first-order chi connectivity index (χ1) is 14.7. The highest BCUT2D eigenvalue weighted by atomic mass is 35.5. The average molecular weight is 468 g/mol. The van der Waals surface area contributed by atoms with Gasteiger partial charge >= 0.3 is 0 Å². The smallest absolute Gasteiger partial charge is 0.300 e. The highest BCUT2D eigenvalue weighted by molar-refractivity contribution is 7.90. The van der Waals surface area contributed by atoms with Crippen LogP contribution in [0.1, 0.15) is 16.7 Å². The van der Waals surface area contributed by atoms with E-state index in [9.17, 15) is 17.2 Å². The molecule has 3 rings (SSSR count). The summed E-state index contributed by atoms with van der Waals surface area (Å²) in [7, 11) is -1.04. The summed E-state index contributed by atoms with van der Waals surface area (Å²) >= 11 is 5.84. The minimum absolute atomic E-state index is 0.125. The van der Waals surface area contributed by atoms with Crippen molar-refractivity contribution in [1.82, 2.24) is 14.7 Å². The molecule has 0 amide bonds. The Hall–Kier alpha value is -2.82. The van der Waals surface area contributed by atoms with Crippen molar-refractivity contribution in [3.63, 3.8) is 0 Å². The van der Waals surface area contributed by atoms with Crippen molar-refractivity contribution in [2.75, 3.05) is 24.1 Å². The summed E-state index contributed by atoms with van der Waals surface area (Å²) in [5.41, 5.74) is 2.91. The minimum atomic E-state index is -3.92. The highest BCUT2D eigenvalue weighted by Gasteiger charge is 2.19. The molecule has 2 aromatic heterocycles. The summed E-state index contributed by atoms with van der Waals surface area (Å²) in [6, 6.07) is 5.78. The number of halogens is 3. The largest absolute Gasteiger partial charge is 0.386 e. The third-order valence-electron chi connectivity index (χ3n) is 4.73. The standard InChI is InChI=1S/C20H20ClF2N5O2S/c1-11-13(8-12-6-7-26-20(17(12)23)28-31(29,30)25-3)10-27-19(18(11)24-2)15-5-4-14(21)9-16(15)22/h4-7,9-10,24-25H,8H2,1-3H3,(H,26,28). The number of aromatic nitrogens is 2. The van der Waals surface area contributed by atoms with E-state index in [-0.39, 0.29) is 22.6 Å². The van der Waals surface area contributed by atoms with Gasteiger partial charge in [-0.25, -0.2) is 18.5 Å². The fourth-order valence-corrected chi connectivity index (χ4v) is 3.74. The molecule has 0 bridgehead atoms. The van der Waals surface area contributed by atoms with E-state index in [2.05, 4.69) is 15.3 Å². The lowest BCUT2D eigenvalue weighted by molar-refractivity contribution is 0.589. The number of hydrogen-bond donors (Lipinski definition) is 3. The van der Waals surface area contributed by atoms with Crippen LogP contribution in [0, 0.1) is 18.6 Å². The fraction of sp³-hybridized carbons (Fsp3) is 0.200. The second-order valence-electron chi connectivity index (χ2n) is 6.63. The Morgan fingerprint density at radius 2 is 1.84 bits per heavy atom. The molecular formula is C20H20ClF2N5O2S. The van der Waals surface area contributed by atoms with E-state index in [0.29, 0.717) is 16.9 Å². The van der Waals surface area contributed by atoms with Gasteiger partial charge in [0.05, 0.1) is 11.4 Å². The van der Waals surface area contributed by atoms with Crippen LogP contribution in [-0.4, -0.2) is 32.5 Å². The van der Waals surface area contributed by atoms with Gasteiger partial charge in [-0.3, -0.25) is 9.71 Å². The van der Waals surface area contributed by atoms with Gasteiger partial charge in [0.2, 0.25) is 0 Å². The molecular weight excluding hydrogens is 448 g/mol. The summed E-state index contributed by atoms with van der Waals surface area (Å²) in [5, 5.41) is 3.30. The first-order valence-corrected chi connectivity index (χ1v) is 11.0. The highest BCUT2D eigenvalue weighted by Crippen LogP contribution is 2.34. The van der Waals surface area contributed by atoms with Gasteiger partial charge in [-0.15, -0.1) is 0 Å². The predicted octanol–water partition coefficient (Wildman–Crippen LogP) is 3.89. The lowest BCUT2D eigenvalue weighted by Crippen LogP contribution is -2.27. The van der Waals surface area contributed by atoms with Gasteiger partial charge in [0.1, 0.15) is 5.82 Å². The van der Waals surface area contributed by atoms with Gasteiger partial charge in [-0.2, -0.15) is 8.42 Å². The minimum Gasteiger partial charge on any atom is -0.386 e. The van der Waals surface area contributed by atoms with Crippen LogP contribution in [0.25, 0.3) is 11.3 Å². The first-order valence-electron chi connectivity index (χ1n) is 9.13. The van der Waals surface area contributed by atoms with Gasteiger partial charge in [-0.05, 0) is 47.9 Å². The summed E-state index contributed by atoms with van der Waals surface area (Å²) in [4.78, 5) is 8.14. The Kier molecular flexibility index (Phi) is 6.73. The molecule has 2 heterocycles. The Labute approximate surface area is 184 Å². The van der Waals surface area contributed by atoms with Crippen LogP contribution in [0.2, 0.25) is 5.02 Å². The molecule has 0 fully saturated rings. The Morgan fingerprint density at radius 1 is 1.10 bits per heavy atom. The monoisotopic (exact) mass is 467 g/mol. The van der Waals surface area contributed by atoms with E-state index in [4.69, 9.17) is 11.6 Å². The lowest BCUT2D eigenvalue weighted by atomic mass is 9.98. The van der Waals surface area contributed by atoms with Crippen LogP contribution < -0.4 is 14.8 Å². The molecule has 3 aromatic rings. The van der Waals surface area contributed by atoms with E-state index in [1.54, 1.807) is 19.2 Å². The molecule has 0 radical (unpaired) electrons. The van der Waals surface area contributed by atoms with Crippen molar-refractivity contribution in [2.24, 2.45) is 0 Å². The first kappa shape index (κ1) is 22.9. The molecule has 11 heteroatoms. The molecule has 0 saturated carbocycles. The van der Waals surface area contributed by atoms with Gasteiger partial charge in [0, 0.05) is 43.5 Å². The predicted molar refractivity (Wildman–Crippen MR) is 118 cm³/mol. The SMILES string of the molecule is CNc1c(-c2ccc(Cl)cc2F)ncc(Cc2ccnc(NS(=O)(=O)NC)c2F)c1C. The normalized spacial score (nSPS) is 11.4. The van der Waals surface area contributed by atoms with Crippen molar-refractivity contribution in [2.45, 2.75) is 13.3 Å². The van der Waals surface area contributed by atoms with Crippen LogP contribution in [0.5, 0.6) is 0 Å². The summed E-state index contributed by atoms with van der Waals surface area (Å²) in [5.74, 6) is -1.71. The summed E-state index contributed by atoms with van der Waals surface area (Å²) in [6.45, 7) is 1.81. The van der Waals surface area contributed by atoms with Crippen molar-refractivity contribution in [3.05, 3.63) is 70.0 Å². The number of benzene rings is 1. The number of rotatable bonds is 7. The molecule has 0 unspecified atom stereocenters. The number of hydrogen-bond acceptors (Lipinski definition) is 5. The number of anilines is 2. The number of nitrogens with zero attached hydrogens (tertiary/aromatic N) is 2. The maximum Gasteiger partial charge on any atom is 0.300 e. The van der Waals surface area contributed by atoms with E-state index < -0.39 is 27.7 Å². The molecule has 0 aliphatic carbocycles. The Morgan fingerprint density at radius 3 is 2.48 bits per heavy atom. The van der Waals surface area contributed by atoms with Crippen LogP contribution in [0.15, 0.2) is 36.7 Å². The molecule has 0 aliphatic heterocycles. The van der Waals surface area contributed by atoms with E-state index >= 15 is 0 Å². The van der Waals surface area contributed by atoms with Crippen LogP contribution >= 0.6 is 11.6 Å². The number of nitrogens with one attached hydrogen (secondary N) is 3. The van der Waals surface area contributed by atoms with Crippen molar-refractivity contribution >= 4 is 33.3 Å². The zero-order valence-corrected chi connectivity index (χ0v) is 18.5. The van der Waals surface area contributed by atoms with Crippen molar-refractivity contribution in [3.8, 4) is 11.3 Å². The second kappa shape index (κ2) is 9.13. The molecule has 1 aromatic carbocycles. The van der Waals surface area contributed by atoms with E-state index in [1.165, 1.54) is 31.6 Å². The van der Waals surface area contributed by atoms with Crippen LogP contribution in [0.4, 0.5) is 20.3 Å². The van der Waals surface area contributed by atoms with Crippen LogP contribution in [0.3, 0.4) is 0 Å². The van der Waals surface area contributed by atoms with Gasteiger partial charge < -0.3 is 5.32 Å². The lowest BCUT2D eigenvalue weighted by Gasteiger charge is -2.16. The average Bonchev–Trinajstić information content (AvgIpc) is 2.72. The third-order valence-corrected chi connectivity index (χ3v) is 5.96. The van der Waals surface area contributed by atoms with Crippen molar-refractivity contribution in [1.29, 1.82) is 0 Å². The van der Waals surface area contributed by atoms with Gasteiger partial charge in [0.25, 0.3) is 10.2 Å². The van der Waals surface area contributed by atoms with Gasteiger partial charge in [0.15, 0.2) is 11.6 Å². The molecule has 3 N–H and O–H groups in total. The van der Waals surface area contributed by atoms with Crippen LogP contribution in [-0.2, 0) is 16.6 Å². The fourth-order valence-electron chi connectivity index (χ4n) is 3.09. The second-order valence-corrected chi connectivity index (χ2v) is 8.68. The summed E-state index contributed by atoms with van der Waals surface area (Å²) in [6.07, 6.45) is 2.97. The van der Waals surface area contributed by atoms with Gasteiger partial charge in [-0.1, -0.05) is 11.6 Å². The molecule has 0 atom stereocenters. The Balaban J connectivity index is 2.00. The molecule has 31 heavy (non-hydrogen) atoms. The van der Waals surface area contributed by atoms with E-state index in [1.807, 2.05) is 16.4 Å². The zero-order valence-electron chi connectivity index (χ0n) is 16.9. The maximum atomic E-state index is 14.9. The summed E-state index contributed by atoms with van der Waals surface area (Å²) < 4.78 is 56.7. The molecule has 7 nitrogen and oxygen atoms in total. The maximum absolute atomic E-state index is 14.9.